The van der Waals surface area contributed by atoms with Crippen LogP contribution < -0.4 is 0 Å². The van der Waals surface area contributed by atoms with E-state index in [0.717, 1.165) is 12.3 Å². The average molecular weight is 158 g/mol. The summed E-state index contributed by atoms with van der Waals surface area (Å²) in [6.45, 7) is 4.49. The number of thiocarbonyl (C=S) groups is 1. The van der Waals surface area contributed by atoms with Crippen LogP contribution in [0.5, 0.6) is 0 Å². The van der Waals surface area contributed by atoms with Crippen molar-refractivity contribution in [1.82, 2.24) is 0 Å². The van der Waals surface area contributed by atoms with E-state index in [0.29, 0.717) is 0 Å². The largest absolute Gasteiger partial charge is 0.0935 e. The highest BCUT2D eigenvalue weighted by Gasteiger charge is 2.01. The molecule has 10 heavy (non-hydrogen) atoms. The highest BCUT2D eigenvalue weighted by molar-refractivity contribution is 7.78. The fraction of sp³-hybridized carbons (Fsp3) is 0.889. The van der Waals surface area contributed by atoms with Gasteiger partial charge in [0.25, 0.3) is 0 Å². The van der Waals surface area contributed by atoms with Gasteiger partial charge in [0.1, 0.15) is 0 Å². The molecule has 1 atom stereocenters. The van der Waals surface area contributed by atoms with Crippen LogP contribution in [0.15, 0.2) is 0 Å². The zero-order valence-electron chi connectivity index (χ0n) is 7.10. The number of hydrogen-bond donors (Lipinski definition) is 0. The maximum atomic E-state index is 4.82. The summed E-state index contributed by atoms with van der Waals surface area (Å²) in [5.74, 6) is 0.859. The van der Waals surface area contributed by atoms with Crippen LogP contribution >= 0.6 is 12.2 Å². The van der Waals surface area contributed by atoms with E-state index in [2.05, 4.69) is 13.8 Å². The van der Waals surface area contributed by atoms with Crippen LogP contribution in [-0.2, 0) is 0 Å². The van der Waals surface area contributed by atoms with Gasteiger partial charge in [-0.3, -0.25) is 0 Å². The van der Waals surface area contributed by atoms with Crippen molar-refractivity contribution in [3.05, 3.63) is 0 Å². The molecule has 0 aromatic carbocycles. The van der Waals surface area contributed by atoms with Gasteiger partial charge in [-0.2, -0.15) is 0 Å². The molecule has 0 radical (unpaired) electrons. The van der Waals surface area contributed by atoms with Gasteiger partial charge in [-0.05, 0) is 17.7 Å². The predicted molar refractivity (Wildman–Crippen MR) is 51.6 cm³/mol. The smallest absolute Gasteiger partial charge is 0.0208 e. The van der Waals surface area contributed by atoms with Crippen LogP contribution in [0, 0.1) is 5.92 Å². The van der Waals surface area contributed by atoms with Gasteiger partial charge in [0.2, 0.25) is 0 Å². The van der Waals surface area contributed by atoms with Crippen molar-refractivity contribution < 1.29 is 0 Å². The molecule has 0 N–H and O–H groups in total. The second-order valence-electron chi connectivity index (χ2n) is 2.82. The first-order chi connectivity index (χ1) is 4.85. The van der Waals surface area contributed by atoms with Crippen molar-refractivity contribution in [2.24, 2.45) is 5.92 Å². The summed E-state index contributed by atoms with van der Waals surface area (Å²) >= 11 is 4.82. The van der Waals surface area contributed by atoms with E-state index >= 15 is 0 Å². The SMILES string of the molecule is CCCCC(CC)CC=S. The first kappa shape index (κ1) is 10.1. The third-order valence-electron chi connectivity index (χ3n) is 1.97. The summed E-state index contributed by atoms with van der Waals surface area (Å²) in [7, 11) is 0. The zero-order chi connectivity index (χ0) is 7.82. The minimum Gasteiger partial charge on any atom is -0.0935 e. The Labute approximate surface area is 70.0 Å². The molecule has 0 aromatic rings. The average Bonchev–Trinajstić information content (AvgIpc) is 1.98. The van der Waals surface area contributed by atoms with E-state index in [9.17, 15) is 0 Å². The standard InChI is InChI=1S/C9H18S/c1-3-5-6-9(4-2)7-8-10/h8-9H,3-7H2,1-2H3. The lowest BCUT2D eigenvalue weighted by Crippen LogP contribution is -1.98. The van der Waals surface area contributed by atoms with Crippen LogP contribution in [0.4, 0.5) is 0 Å². The lowest BCUT2D eigenvalue weighted by atomic mass is 9.97. The van der Waals surface area contributed by atoms with Gasteiger partial charge >= 0.3 is 0 Å². The molecule has 0 saturated carbocycles. The fourth-order valence-electron chi connectivity index (χ4n) is 1.12. The first-order valence-electron chi connectivity index (χ1n) is 4.28. The summed E-state index contributed by atoms with van der Waals surface area (Å²) in [5, 5.41) is 1.88. The minimum atomic E-state index is 0.859. The summed E-state index contributed by atoms with van der Waals surface area (Å²) in [5.41, 5.74) is 0. The summed E-state index contributed by atoms with van der Waals surface area (Å²) < 4.78 is 0. The van der Waals surface area contributed by atoms with E-state index in [-0.39, 0.29) is 0 Å². The highest BCUT2D eigenvalue weighted by Crippen LogP contribution is 2.14. The molecule has 0 aromatic heterocycles. The third-order valence-corrected chi connectivity index (χ3v) is 2.17. The number of unbranched alkanes of at least 4 members (excludes halogenated alkanes) is 1. The quantitative estimate of drug-likeness (QED) is 0.532. The molecule has 60 valence electrons. The molecule has 1 unspecified atom stereocenters. The van der Waals surface area contributed by atoms with Crippen molar-refractivity contribution >= 4 is 17.6 Å². The van der Waals surface area contributed by atoms with Crippen molar-refractivity contribution in [1.29, 1.82) is 0 Å². The summed E-state index contributed by atoms with van der Waals surface area (Å²) in [6, 6.07) is 0. The van der Waals surface area contributed by atoms with Gasteiger partial charge in [-0.1, -0.05) is 51.7 Å². The maximum Gasteiger partial charge on any atom is -0.0208 e. The van der Waals surface area contributed by atoms with Crippen molar-refractivity contribution in [2.45, 2.75) is 46.0 Å². The Kier molecular flexibility index (Phi) is 7.26. The van der Waals surface area contributed by atoms with E-state index in [1.54, 1.807) is 0 Å². The molecule has 0 aliphatic carbocycles. The van der Waals surface area contributed by atoms with Crippen LogP contribution in [0.25, 0.3) is 0 Å². The van der Waals surface area contributed by atoms with Crippen LogP contribution in [0.1, 0.15) is 46.0 Å². The second-order valence-corrected chi connectivity index (χ2v) is 3.15. The van der Waals surface area contributed by atoms with Gasteiger partial charge in [0.15, 0.2) is 0 Å². The Morgan fingerprint density at radius 3 is 2.50 bits per heavy atom. The van der Waals surface area contributed by atoms with Gasteiger partial charge in [0.05, 0.1) is 0 Å². The number of rotatable bonds is 6. The molecule has 1 heteroatoms. The maximum absolute atomic E-state index is 4.82. The van der Waals surface area contributed by atoms with Crippen molar-refractivity contribution in [3.63, 3.8) is 0 Å². The number of hydrogen-bond acceptors (Lipinski definition) is 1. The molecular formula is C9H18S. The Morgan fingerprint density at radius 2 is 2.10 bits per heavy atom. The van der Waals surface area contributed by atoms with Crippen LogP contribution in [0.3, 0.4) is 0 Å². The normalized spacial score (nSPS) is 13.0. The van der Waals surface area contributed by atoms with E-state index < -0.39 is 0 Å². The molecule has 0 heterocycles. The third kappa shape index (κ3) is 4.92. The zero-order valence-corrected chi connectivity index (χ0v) is 7.91. The lowest BCUT2D eigenvalue weighted by molar-refractivity contribution is 0.470. The minimum absolute atomic E-state index is 0.859. The van der Waals surface area contributed by atoms with Gasteiger partial charge in [-0.25, -0.2) is 0 Å². The second kappa shape index (κ2) is 7.20. The molecule has 0 amide bonds. The van der Waals surface area contributed by atoms with Gasteiger partial charge < -0.3 is 0 Å². The Bertz CT molecular complexity index is 78.8. The molecule has 0 saturated heterocycles. The van der Waals surface area contributed by atoms with E-state index in [1.807, 2.05) is 5.37 Å². The molecule has 0 aliphatic heterocycles. The fourth-order valence-corrected chi connectivity index (χ4v) is 1.39. The summed E-state index contributed by atoms with van der Waals surface area (Å²) in [4.78, 5) is 0. The topological polar surface area (TPSA) is 0 Å². The van der Waals surface area contributed by atoms with E-state index in [4.69, 9.17) is 12.2 Å². The molecule has 0 nitrogen and oxygen atoms in total. The molecule has 0 fully saturated rings. The first-order valence-corrected chi connectivity index (χ1v) is 4.75. The van der Waals surface area contributed by atoms with Crippen molar-refractivity contribution in [2.75, 3.05) is 0 Å². The summed E-state index contributed by atoms with van der Waals surface area (Å²) in [6.07, 6.45) is 6.45. The van der Waals surface area contributed by atoms with Crippen LogP contribution in [0.2, 0.25) is 0 Å². The van der Waals surface area contributed by atoms with E-state index in [1.165, 1.54) is 25.7 Å². The molecule has 0 bridgehead atoms. The molecule has 0 rings (SSSR count). The van der Waals surface area contributed by atoms with Gasteiger partial charge in [-0.15, -0.1) is 0 Å². The Balaban J connectivity index is 3.29. The van der Waals surface area contributed by atoms with Crippen molar-refractivity contribution in [3.8, 4) is 0 Å². The van der Waals surface area contributed by atoms with Gasteiger partial charge in [0, 0.05) is 0 Å². The molecule has 0 spiro atoms. The molecule has 0 aliphatic rings. The highest BCUT2D eigenvalue weighted by atomic mass is 32.1. The Hall–Kier alpha value is 0.0900. The molecular weight excluding hydrogens is 140 g/mol. The predicted octanol–water partition coefficient (Wildman–Crippen LogP) is 3.59. The Morgan fingerprint density at radius 1 is 1.40 bits per heavy atom. The lowest BCUT2D eigenvalue weighted by Gasteiger charge is -2.09. The van der Waals surface area contributed by atoms with Crippen LogP contribution in [-0.4, -0.2) is 5.37 Å². The monoisotopic (exact) mass is 158 g/mol.